The molecule has 0 saturated heterocycles. The summed E-state index contributed by atoms with van der Waals surface area (Å²) in [6, 6.07) is 16.5. The summed E-state index contributed by atoms with van der Waals surface area (Å²) in [5.41, 5.74) is 2.05. The van der Waals surface area contributed by atoms with Crippen LogP contribution in [0.2, 0.25) is 0 Å². The van der Waals surface area contributed by atoms with Crippen molar-refractivity contribution < 1.29 is 4.79 Å². The normalized spacial score (nSPS) is 10.2. The molecule has 3 rings (SSSR count). The Balaban J connectivity index is 2.03. The largest absolute Gasteiger partial charge is 0.313 e. The van der Waals surface area contributed by atoms with E-state index in [9.17, 15) is 9.59 Å². The number of Topliss-reactive ketones (excluding diaryl/α,β-unsaturated/α-hetero) is 1. The fourth-order valence-electron chi connectivity index (χ4n) is 2.59. The van der Waals surface area contributed by atoms with E-state index < -0.39 is 5.56 Å². The molecule has 0 amide bonds. The minimum Gasteiger partial charge on any atom is -0.313 e. The summed E-state index contributed by atoms with van der Waals surface area (Å²) in [5, 5.41) is 0. The first kappa shape index (κ1) is 16.3. The molecule has 1 aromatic heterocycles. The van der Waals surface area contributed by atoms with E-state index in [4.69, 9.17) is 6.57 Å². The van der Waals surface area contributed by atoms with E-state index in [1.807, 2.05) is 37.3 Å². The Morgan fingerprint density at radius 3 is 2.60 bits per heavy atom. The Morgan fingerprint density at radius 1 is 1.16 bits per heavy atom. The first-order valence-electron chi connectivity index (χ1n) is 7.74. The van der Waals surface area contributed by atoms with Crippen molar-refractivity contribution in [3.8, 4) is 11.3 Å². The summed E-state index contributed by atoms with van der Waals surface area (Å²) < 4.78 is 0. The Labute approximate surface area is 144 Å². The van der Waals surface area contributed by atoms with Crippen LogP contribution in [-0.2, 0) is 6.42 Å². The van der Waals surface area contributed by atoms with Crippen LogP contribution in [0.5, 0.6) is 0 Å². The van der Waals surface area contributed by atoms with Crippen LogP contribution in [0.4, 0.5) is 5.69 Å². The molecule has 3 aromatic rings. The summed E-state index contributed by atoms with van der Waals surface area (Å²) in [6.07, 6.45) is 0.135. The number of hydrogen-bond acceptors (Lipinski definition) is 3. The summed E-state index contributed by atoms with van der Waals surface area (Å²) in [6.45, 7) is 9.19. The Morgan fingerprint density at radius 2 is 1.92 bits per heavy atom. The molecule has 0 saturated carbocycles. The predicted molar refractivity (Wildman–Crippen MR) is 95.8 cm³/mol. The number of benzene rings is 2. The van der Waals surface area contributed by atoms with E-state index in [1.165, 1.54) is 0 Å². The van der Waals surface area contributed by atoms with E-state index in [2.05, 4.69) is 14.8 Å². The van der Waals surface area contributed by atoms with Gasteiger partial charge in [0.25, 0.3) is 11.2 Å². The monoisotopic (exact) mass is 329 g/mol. The van der Waals surface area contributed by atoms with Crippen LogP contribution in [0.3, 0.4) is 0 Å². The number of nitrogens with one attached hydrogen (secondary N) is 1. The third-order valence-electron chi connectivity index (χ3n) is 3.77. The highest BCUT2D eigenvalue weighted by molar-refractivity contribution is 5.95. The lowest BCUT2D eigenvalue weighted by atomic mass is 10.1. The Bertz CT molecular complexity index is 1030. The van der Waals surface area contributed by atoms with Gasteiger partial charge in [0, 0.05) is 6.42 Å². The molecule has 0 spiro atoms. The van der Waals surface area contributed by atoms with Crippen LogP contribution < -0.4 is 5.56 Å². The average Bonchev–Trinajstić information content (AvgIpc) is 2.61. The van der Waals surface area contributed by atoms with Crippen molar-refractivity contribution in [3.63, 3.8) is 0 Å². The van der Waals surface area contributed by atoms with Crippen molar-refractivity contribution in [1.29, 1.82) is 0 Å². The zero-order chi connectivity index (χ0) is 17.8. The molecule has 0 aliphatic carbocycles. The number of hydrogen-bond donors (Lipinski definition) is 1. The molecule has 5 nitrogen and oxygen atoms in total. The molecule has 25 heavy (non-hydrogen) atoms. The number of carbonyl (C=O) groups excluding carboxylic acids is 1. The molecule has 0 unspecified atom stereocenters. The maximum atomic E-state index is 12.6. The van der Waals surface area contributed by atoms with Gasteiger partial charge in [-0.15, -0.1) is 0 Å². The second-order valence-corrected chi connectivity index (χ2v) is 5.68. The van der Waals surface area contributed by atoms with Crippen molar-refractivity contribution in [1.82, 2.24) is 9.97 Å². The number of carbonyl (C=O) groups is 1. The maximum Gasteiger partial charge on any atom is 0.276 e. The van der Waals surface area contributed by atoms with Crippen LogP contribution >= 0.6 is 0 Å². The molecule has 5 heteroatoms. The molecule has 0 radical (unpaired) electrons. The molecule has 0 aliphatic rings. The summed E-state index contributed by atoms with van der Waals surface area (Å²) in [5.74, 6) is -0.325. The number of nitrogens with zero attached hydrogens (tertiary/aromatic N) is 2. The Kier molecular flexibility index (Phi) is 4.53. The fraction of sp³-hybridized carbons (Fsp3) is 0.100. The van der Waals surface area contributed by atoms with Gasteiger partial charge < -0.3 is 4.98 Å². The highest BCUT2D eigenvalue weighted by Crippen LogP contribution is 2.24. The van der Waals surface area contributed by atoms with Gasteiger partial charge >= 0.3 is 0 Å². The van der Waals surface area contributed by atoms with Crippen molar-refractivity contribution in [2.75, 3.05) is 0 Å². The minimum absolute atomic E-state index is 0.0299. The van der Waals surface area contributed by atoms with E-state index in [-0.39, 0.29) is 29.4 Å². The lowest BCUT2D eigenvalue weighted by Gasteiger charge is -2.07. The van der Waals surface area contributed by atoms with E-state index >= 15 is 0 Å². The fourth-order valence-corrected chi connectivity index (χ4v) is 2.59. The van der Waals surface area contributed by atoms with Crippen LogP contribution in [0.1, 0.15) is 21.7 Å². The van der Waals surface area contributed by atoms with Gasteiger partial charge in [0.1, 0.15) is 0 Å². The third kappa shape index (κ3) is 3.54. The Hall–Kier alpha value is -3.52. The summed E-state index contributed by atoms with van der Waals surface area (Å²) >= 11 is 0. The molecule has 0 fully saturated rings. The van der Waals surface area contributed by atoms with Gasteiger partial charge in [-0.1, -0.05) is 60.2 Å². The number of H-pyrrole nitrogens is 1. The lowest BCUT2D eigenvalue weighted by Crippen LogP contribution is -2.17. The van der Waals surface area contributed by atoms with Gasteiger partial charge in [-0.3, -0.25) is 9.59 Å². The highest BCUT2D eigenvalue weighted by Gasteiger charge is 2.17. The van der Waals surface area contributed by atoms with Crippen molar-refractivity contribution in [2.45, 2.75) is 13.3 Å². The predicted octanol–water partition coefficient (Wildman–Crippen LogP) is 3.72. The van der Waals surface area contributed by atoms with E-state index in [0.717, 1.165) is 11.1 Å². The van der Waals surface area contributed by atoms with Crippen molar-refractivity contribution in [2.24, 2.45) is 0 Å². The molecular formula is C20H15N3O2. The van der Waals surface area contributed by atoms with E-state index in [0.29, 0.717) is 5.56 Å². The van der Waals surface area contributed by atoms with Gasteiger partial charge in [-0.05, 0) is 18.1 Å². The average molecular weight is 329 g/mol. The second kappa shape index (κ2) is 6.93. The highest BCUT2D eigenvalue weighted by atomic mass is 16.1. The zero-order valence-corrected chi connectivity index (χ0v) is 13.6. The summed E-state index contributed by atoms with van der Waals surface area (Å²) in [7, 11) is 0. The number of aryl methyl sites for hydroxylation is 1. The van der Waals surface area contributed by atoms with Gasteiger partial charge in [0.2, 0.25) is 5.78 Å². The first-order chi connectivity index (χ1) is 12.1. The first-order valence-corrected chi connectivity index (χ1v) is 7.74. The molecule has 122 valence electrons. The molecular weight excluding hydrogens is 314 g/mol. The third-order valence-corrected chi connectivity index (χ3v) is 3.77. The standard InChI is InChI=1S/C20H15N3O2/c1-13-7-6-8-14(11-13)12-16(24)19-22-17(15-9-4-3-5-10-15)18(21-2)20(25)23-19/h3-11H,12H2,1H3,(H,22,23,25). The van der Waals surface area contributed by atoms with Crippen LogP contribution in [-0.4, -0.2) is 15.8 Å². The summed E-state index contributed by atoms with van der Waals surface area (Å²) in [4.78, 5) is 34.8. The molecule has 0 atom stereocenters. The minimum atomic E-state index is -0.601. The van der Waals surface area contributed by atoms with Gasteiger partial charge in [-0.25, -0.2) is 9.83 Å². The van der Waals surface area contributed by atoms with Crippen molar-refractivity contribution in [3.05, 3.63) is 93.3 Å². The number of rotatable bonds is 4. The number of ketones is 1. The molecule has 2 aromatic carbocycles. The molecule has 1 heterocycles. The SMILES string of the molecule is [C-]#[N+]c1c(-c2ccccc2)nc(C(=O)Cc2cccc(C)c2)[nH]c1=O. The van der Waals surface area contributed by atoms with Crippen LogP contribution in [0.15, 0.2) is 59.4 Å². The van der Waals surface area contributed by atoms with Gasteiger partial charge in [0.05, 0.1) is 12.3 Å². The van der Waals surface area contributed by atoms with Gasteiger partial charge in [-0.2, -0.15) is 0 Å². The molecule has 0 bridgehead atoms. The lowest BCUT2D eigenvalue weighted by molar-refractivity contribution is 0.0983. The molecule has 0 aliphatic heterocycles. The van der Waals surface area contributed by atoms with Crippen LogP contribution in [0, 0.1) is 13.5 Å². The van der Waals surface area contributed by atoms with Crippen molar-refractivity contribution >= 4 is 11.5 Å². The number of aromatic nitrogens is 2. The maximum absolute atomic E-state index is 12.6. The second-order valence-electron chi connectivity index (χ2n) is 5.68. The smallest absolute Gasteiger partial charge is 0.276 e. The van der Waals surface area contributed by atoms with E-state index in [1.54, 1.807) is 24.3 Å². The van der Waals surface area contributed by atoms with Crippen LogP contribution in [0.25, 0.3) is 16.1 Å². The quantitative estimate of drug-likeness (QED) is 0.586. The van der Waals surface area contributed by atoms with Gasteiger partial charge in [0.15, 0.2) is 5.82 Å². The zero-order valence-electron chi connectivity index (χ0n) is 13.6. The topological polar surface area (TPSA) is 67.2 Å². The molecule has 1 N–H and O–H groups in total. The number of aromatic amines is 1.